The number of aromatic nitrogens is 2. The second kappa shape index (κ2) is 5.17. The normalized spacial score (nSPS) is 17.0. The molecule has 2 aromatic rings. The molecule has 0 radical (unpaired) electrons. The highest BCUT2D eigenvalue weighted by Gasteiger charge is 2.52. The number of nitrogens with zero attached hydrogens (tertiary/aromatic N) is 2. The maximum atomic E-state index is 12.4. The summed E-state index contributed by atoms with van der Waals surface area (Å²) in [5.74, 6) is -0.246. The van der Waals surface area contributed by atoms with Crippen molar-refractivity contribution in [1.82, 2.24) is 9.97 Å². The van der Waals surface area contributed by atoms with Gasteiger partial charge in [-0.1, -0.05) is 11.6 Å². The first-order valence-electron chi connectivity index (χ1n) is 6.75. The third-order valence-electron chi connectivity index (χ3n) is 4.04. The summed E-state index contributed by atoms with van der Waals surface area (Å²) in [5, 5.41) is 3.84. The molecule has 1 saturated carbocycles. The third kappa shape index (κ3) is 2.44. The van der Waals surface area contributed by atoms with Gasteiger partial charge in [0.05, 0.1) is 5.02 Å². The van der Waals surface area contributed by atoms with E-state index in [2.05, 4.69) is 15.3 Å². The van der Waals surface area contributed by atoms with Gasteiger partial charge in [-0.15, -0.1) is 0 Å². The molecule has 6 nitrogen and oxygen atoms in total. The number of fused-ring (bicyclic) bond motifs is 1. The lowest BCUT2D eigenvalue weighted by Crippen LogP contribution is -2.54. The summed E-state index contributed by atoms with van der Waals surface area (Å²) in [6.07, 6.45) is 3.99. The molecular formula is C14H14ClN3O3S. The molecule has 0 unspecified atom stereocenters. The third-order valence-corrected chi connectivity index (χ3v) is 6.26. The summed E-state index contributed by atoms with van der Waals surface area (Å²) in [6.45, 7) is 0. The Labute approximate surface area is 132 Å². The monoisotopic (exact) mass is 339 g/mol. The van der Waals surface area contributed by atoms with Gasteiger partial charge in [0.25, 0.3) is 0 Å². The van der Waals surface area contributed by atoms with E-state index in [1.807, 2.05) is 0 Å². The average Bonchev–Trinajstić information content (AvgIpc) is 2.35. The van der Waals surface area contributed by atoms with Crippen LogP contribution in [-0.4, -0.2) is 35.3 Å². The highest BCUT2D eigenvalue weighted by atomic mass is 35.5. The van der Waals surface area contributed by atoms with Gasteiger partial charge in [0, 0.05) is 17.8 Å². The summed E-state index contributed by atoms with van der Waals surface area (Å²) in [6, 6.07) is 5.05. The SMILES string of the molecule is CS(=O)(=O)C1(C(=O)Nc2ccc3cc(Cl)cnc3n2)CCC1. The van der Waals surface area contributed by atoms with Crippen molar-refractivity contribution in [2.75, 3.05) is 11.6 Å². The predicted octanol–water partition coefficient (Wildman–Crippen LogP) is 2.19. The van der Waals surface area contributed by atoms with E-state index in [9.17, 15) is 13.2 Å². The van der Waals surface area contributed by atoms with Gasteiger partial charge in [-0.2, -0.15) is 0 Å². The number of hydrogen-bond acceptors (Lipinski definition) is 5. The van der Waals surface area contributed by atoms with Crippen LogP contribution < -0.4 is 5.32 Å². The van der Waals surface area contributed by atoms with Crippen molar-refractivity contribution in [3.63, 3.8) is 0 Å². The highest BCUT2D eigenvalue weighted by Crippen LogP contribution is 2.39. The van der Waals surface area contributed by atoms with Crippen LogP contribution in [0.2, 0.25) is 5.02 Å². The van der Waals surface area contributed by atoms with Crippen LogP contribution in [0.5, 0.6) is 0 Å². The van der Waals surface area contributed by atoms with Gasteiger partial charge >= 0.3 is 0 Å². The molecule has 0 atom stereocenters. The van der Waals surface area contributed by atoms with Crippen LogP contribution >= 0.6 is 11.6 Å². The Kier molecular flexibility index (Phi) is 3.57. The zero-order chi connectivity index (χ0) is 16.0. The van der Waals surface area contributed by atoms with Crippen LogP contribution in [0.3, 0.4) is 0 Å². The standard InChI is InChI=1S/C14H14ClN3O3S/c1-22(20,21)14(5-2-6-14)13(19)18-11-4-3-9-7-10(15)8-16-12(9)17-11/h3-4,7-8H,2,5-6H2,1H3,(H,16,17,18,19). The number of carbonyl (C=O) groups is 1. The number of rotatable bonds is 3. The number of sulfone groups is 1. The second-order valence-electron chi connectivity index (χ2n) is 5.47. The van der Waals surface area contributed by atoms with Gasteiger partial charge in [0.15, 0.2) is 20.2 Å². The fraction of sp³-hybridized carbons (Fsp3) is 0.357. The molecule has 1 N–H and O–H groups in total. The number of amides is 1. The maximum absolute atomic E-state index is 12.4. The van der Waals surface area contributed by atoms with Gasteiger partial charge in [-0.05, 0) is 37.5 Å². The van der Waals surface area contributed by atoms with Crippen molar-refractivity contribution < 1.29 is 13.2 Å². The molecule has 3 rings (SSSR count). The first-order valence-corrected chi connectivity index (χ1v) is 9.02. The van der Waals surface area contributed by atoms with E-state index >= 15 is 0 Å². The number of nitrogens with one attached hydrogen (secondary N) is 1. The summed E-state index contributed by atoms with van der Waals surface area (Å²) in [4.78, 5) is 20.7. The van der Waals surface area contributed by atoms with E-state index in [1.54, 1.807) is 18.2 Å². The number of anilines is 1. The maximum Gasteiger partial charge on any atom is 0.246 e. The van der Waals surface area contributed by atoms with Crippen LogP contribution in [-0.2, 0) is 14.6 Å². The Hall–Kier alpha value is -1.73. The lowest BCUT2D eigenvalue weighted by molar-refractivity contribution is -0.120. The van der Waals surface area contributed by atoms with Crippen molar-refractivity contribution in [3.05, 3.63) is 29.4 Å². The molecule has 116 valence electrons. The minimum Gasteiger partial charge on any atom is -0.309 e. The van der Waals surface area contributed by atoms with Gasteiger partial charge in [-0.3, -0.25) is 4.79 Å². The molecule has 0 aliphatic heterocycles. The average molecular weight is 340 g/mol. The number of carbonyl (C=O) groups excluding carboxylic acids is 1. The summed E-state index contributed by atoms with van der Waals surface area (Å²) >= 11 is 5.85. The van der Waals surface area contributed by atoms with Crippen LogP contribution in [0.15, 0.2) is 24.4 Å². The zero-order valence-corrected chi connectivity index (χ0v) is 13.4. The minimum atomic E-state index is -3.47. The van der Waals surface area contributed by atoms with Crippen LogP contribution in [0.1, 0.15) is 19.3 Å². The van der Waals surface area contributed by atoms with Crippen LogP contribution in [0.4, 0.5) is 5.82 Å². The number of hydrogen-bond donors (Lipinski definition) is 1. The number of halogens is 1. The molecule has 1 aliphatic carbocycles. The molecule has 1 amide bonds. The molecule has 0 saturated heterocycles. The lowest BCUT2D eigenvalue weighted by Gasteiger charge is -2.37. The van der Waals surface area contributed by atoms with Gasteiger partial charge in [-0.25, -0.2) is 18.4 Å². The second-order valence-corrected chi connectivity index (χ2v) is 8.23. The predicted molar refractivity (Wildman–Crippen MR) is 84.6 cm³/mol. The topological polar surface area (TPSA) is 89.0 Å². The fourth-order valence-corrected chi connectivity index (χ4v) is 4.13. The molecule has 8 heteroatoms. The van der Waals surface area contributed by atoms with Crippen molar-refractivity contribution in [2.24, 2.45) is 0 Å². The highest BCUT2D eigenvalue weighted by molar-refractivity contribution is 7.93. The van der Waals surface area contributed by atoms with Gasteiger partial charge in [0.1, 0.15) is 5.82 Å². The Bertz CT molecular complexity index is 863. The Morgan fingerprint density at radius 2 is 2.09 bits per heavy atom. The smallest absolute Gasteiger partial charge is 0.246 e. The van der Waals surface area contributed by atoms with Gasteiger partial charge < -0.3 is 5.32 Å². The Balaban J connectivity index is 1.90. The summed E-state index contributed by atoms with van der Waals surface area (Å²) in [5.41, 5.74) is 0.434. The van der Waals surface area contributed by atoms with E-state index in [1.165, 1.54) is 6.20 Å². The molecule has 1 aliphatic rings. The molecular weight excluding hydrogens is 326 g/mol. The van der Waals surface area contributed by atoms with E-state index < -0.39 is 20.5 Å². The molecule has 0 aromatic carbocycles. The molecule has 0 bridgehead atoms. The fourth-order valence-electron chi connectivity index (χ4n) is 2.55. The molecule has 22 heavy (non-hydrogen) atoms. The van der Waals surface area contributed by atoms with E-state index in [4.69, 9.17) is 11.6 Å². The van der Waals surface area contributed by atoms with Crippen molar-refractivity contribution in [1.29, 1.82) is 0 Å². The van der Waals surface area contributed by atoms with E-state index in [0.29, 0.717) is 23.5 Å². The lowest BCUT2D eigenvalue weighted by atomic mass is 9.83. The van der Waals surface area contributed by atoms with E-state index in [0.717, 1.165) is 18.1 Å². The van der Waals surface area contributed by atoms with Crippen molar-refractivity contribution >= 4 is 44.2 Å². The quantitative estimate of drug-likeness (QED) is 0.925. The van der Waals surface area contributed by atoms with Crippen molar-refractivity contribution in [2.45, 2.75) is 24.0 Å². The molecule has 1 fully saturated rings. The summed E-state index contributed by atoms with van der Waals surface area (Å²) in [7, 11) is -3.47. The first-order chi connectivity index (χ1) is 10.3. The molecule has 2 aromatic heterocycles. The van der Waals surface area contributed by atoms with Crippen molar-refractivity contribution in [3.8, 4) is 0 Å². The van der Waals surface area contributed by atoms with E-state index in [-0.39, 0.29) is 5.82 Å². The van der Waals surface area contributed by atoms with Crippen LogP contribution in [0.25, 0.3) is 11.0 Å². The minimum absolute atomic E-state index is 0.280. The Morgan fingerprint density at radius 3 is 2.68 bits per heavy atom. The Morgan fingerprint density at radius 1 is 1.36 bits per heavy atom. The zero-order valence-electron chi connectivity index (χ0n) is 11.8. The number of pyridine rings is 2. The largest absolute Gasteiger partial charge is 0.309 e. The molecule has 0 spiro atoms. The molecule has 2 heterocycles. The van der Waals surface area contributed by atoms with Gasteiger partial charge in [0.2, 0.25) is 5.91 Å². The first kappa shape index (κ1) is 15.2. The summed E-state index contributed by atoms with van der Waals surface area (Å²) < 4.78 is 22.5. The van der Waals surface area contributed by atoms with Crippen LogP contribution in [0, 0.1) is 0 Å².